The van der Waals surface area contributed by atoms with Crippen LogP contribution in [0.25, 0.3) is 0 Å². The minimum Gasteiger partial charge on any atom is -0.481 e. The van der Waals surface area contributed by atoms with E-state index in [9.17, 15) is 9.90 Å². The predicted molar refractivity (Wildman–Crippen MR) is 49.4 cm³/mol. The van der Waals surface area contributed by atoms with E-state index in [0.717, 1.165) is 0 Å². The monoisotopic (exact) mass is 186 g/mol. The molecule has 2 unspecified atom stereocenters. The van der Waals surface area contributed by atoms with Gasteiger partial charge in [0.2, 0.25) is 0 Å². The molecule has 0 spiro atoms. The normalized spacial score (nSPS) is 33.1. The second kappa shape index (κ2) is 2.98. The van der Waals surface area contributed by atoms with E-state index in [2.05, 4.69) is 0 Å². The van der Waals surface area contributed by atoms with Gasteiger partial charge >= 0.3 is 5.97 Å². The highest BCUT2D eigenvalue weighted by atomic mass is 16.4. The van der Waals surface area contributed by atoms with E-state index in [0.29, 0.717) is 19.3 Å². The summed E-state index contributed by atoms with van der Waals surface area (Å²) in [5.74, 6) is -0.735. The largest absolute Gasteiger partial charge is 0.481 e. The molecule has 0 saturated heterocycles. The van der Waals surface area contributed by atoms with E-state index >= 15 is 0 Å². The van der Waals surface area contributed by atoms with Crippen LogP contribution in [0.4, 0.5) is 0 Å². The molecule has 3 nitrogen and oxygen atoms in total. The Kier molecular flexibility index (Phi) is 2.41. The van der Waals surface area contributed by atoms with Crippen molar-refractivity contribution in [2.45, 2.75) is 45.6 Å². The Morgan fingerprint density at radius 1 is 1.54 bits per heavy atom. The molecule has 1 rings (SSSR count). The van der Waals surface area contributed by atoms with Gasteiger partial charge in [-0.2, -0.15) is 0 Å². The van der Waals surface area contributed by atoms with Crippen LogP contribution in [0.5, 0.6) is 0 Å². The molecule has 0 aromatic heterocycles. The lowest BCUT2D eigenvalue weighted by Crippen LogP contribution is -2.44. The van der Waals surface area contributed by atoms with Gasteiger partial charge in [-0.05, 0) is 25.2 Å². The van der Waals surface area contributed by atoms with Crippen LogP contribution in [0.3, 0.4) is 0 Å². The second-order valence-electron chi connectivity index (χ2n) is 4.12. The highest BCUT2D eigenvalue weighted by Gasteiger charge is 2.68. The Morgan fingerprint density at radius 2 is 1.92 bits per heavy atom. The molecule has 0 heterocycles. The summed E-state index contributed by atoms with van der Waals surface area (Å²) in [6, 6.07) is 0. The lowest BCUT2D eigenvalue weighted by atomic mass is 9.78. The van der Waals surface area contributed by atoms with Gasteiger partial charge in [-0.25, -0.2) is 0 Å². The molecular weight excluding hydrogens is 168 g/mol. The van der Waals surface area contributed by atoms with E-state index in [-0.39, 0.29) is 5.92 Å². The Morgan fingerprint density at radius 3 is 2.00 bits per heavy atom. The molecule has 0 aromatic carbocycles. The molecule has 0 aliphatic heterocycles. The number of carbonyl (C=O) groups is 1. The van der Waals surface area contributed by atoms with Crippen LogP contribution in [0.2, 0.25) is 0 Å². The average molecular weight is 186 g/mol. The van der Waals surface area contributed by atoms with Gasteiger partial charge in [-0.15, -0.1) is 0 Å². The fraction of sp³-hybridized carbons (Fsp3) is 0.900. The van der Waals surface area contributed by atoms with Crippen LogP contribution in [0.15, 0.2) is 0 Å². The van der Waals surface area contributed by atoms with Gasteiger partial charge in [-0.1, -0.05) is 20.8 Å². The zero-order valence-electron chi connectivity index (χ0n) is 8.50. The van der Waals surface area contributed by atoms with Crippen molar-refractivity contribution in [2.75, 3.05) is 0 Å². The van der Waals surface area contributed by atoms with Crippen molar-refractivity contribution in [2.24, 2.45) is 11.3 Å². The molecule has 2 N–H and O–H groups in total. The van der Waals surface area contributed by atoms with E-state index in [1.807, 2.05) is 20.8 Å². The van der Waals surface area contributed by atoms with Crippen molar-refractivity contribution in [1.82, 2.24) is 0 Å². The Balaban J connectivity index is 2.96. The average Bonchev–Trinajstić information content (AvgIpc) is 2.78. The van der Waals surface area contributed by atoms with Crippen molar-refractivity contribution in [1.29, 1.82) is 0 Å². The maximum absolute atomic E-state index is 11.1. The summed E-state index contributed by atoms with van der Waals surface area (Å²) in [5.41, 5.74) is -1.88. The van der Waals surface area contributed by atoms with E-state index in [1.54, 1.807) is 0 Å². The van der Waals surface area contributed by atoms with Crippen molar-refractivity contribution >= 4 is 5.97 Å². The molecule has 2 atom stereocenters. The molecule has 1 aliphatic carbocycles. The number of rotatable bonds is 4. The van der Waals surface area contributed by atoms with Crippen LogP contribution in [0, 0.1) is 11.3 Å². The Labute approximate surface area is 78.8 Å². The molecule has 13 heavy (non-hydrogen) atoms. The predicted octanol–water partition coefficient (Wildman–Crippen LogP) is 1.65. The zero-order chi connectivity index (χ0) is 10.3. The molecular formula is C10H18O3. The Hall–Kier alpha value is -0.570. The molecule has 0 bridgehead atoms. The van der Waals surface area contributed by atoms with Crippen molar-refractivity contribution in [3.05, 3.63) is 0 Å². The fourth-order valence-corrected chi connectivity index (χ4v) is 2.45. The van der Waals surface area contributed by atoms with E-state index < -0.39 is 17.0 Å². The van der Waals surface area contributed by atoms with Gasteiger partial charge in [0.05, 0.1) is 11.0 Å². The van der Waals surface area contributed by atoms with E-state index in [1.165, 1.54) is 0 Å². The zero-order valence-corrected chi connectivity index (χ0v) is 8.50. The topological polar surface area (TPSA) is 57.5 Å². The van der Waals surface area contributed by atoms with Gasteiger partial charge in [0.15, 0.2) is 0 Å². The molecule has 0 aromatic rings. The third kappa shape index (κ3) is 1.17. The van der Waals surface area contributed by atoms with Gasteiger partial charge < -0.3 is 10.2 Å². The molecule has 1 fully saturated rings. The third-order valence-corrected chi connectivity index (χ3v) is 3.69. The van der Waals surface area contributed by atoms with E-state index in [4.69, 9.17) is 5.11 Å². The lowest BCUT2D eigenvalue weighted by molar-refractivity contribution is -0.158. The maximum Gasteiger partial charge on any atom is 0.312 e. The fourth-order valence-electron chi connectivity index (χ4n) is 2.45. The number of carboxylic acid groups (broad SMARTS) is 1. The summed E-state index contributed by atoms with van der Waals surface area (Å²) in [4.78, 5) is 11.1. The summed E-state index contributed by atoms with van der Waals surface area (Å²) in [7, 11) is 0. The van der Waals surface area contributed by atoms with Crippen LogP contribution in [-0.4, -0.2) is 21.8 Å². The van der Waals surface area contributed by atoms with Crippen LogP contribution >= 0.6 is 0 Å². The standard InChI is InChI=1S/C10H18O3/c1-4-9(13,5-2)10(8(11)12)6-7(10)3/h7,13H,4-6H2,1-3H3,(H,11,12). The maximum atomic E-state index is 11.1. The van der Waals surface area contributed by atoms with Gasteiger partial charge in [0, 0.05) is 0 Å². The summed E-state index contributed by atoms with van der Waals surface area (Å²) in [5, 5.41) is 19.3. The number of aliphatic hydroxyl groups is 1. The van der Waals surface area contributed by atoms with Gasteiger partial charge in [0.25, 0.3) is 0 Å². The van der Waals surface area contributed by atoms with Crippen LogP contribution in [-0.2, 0) is 4.79 Å². The molecule has 1 aliphatic rings. The highest BCUT2D eigenvalue weighted by molar-refractivity contribution is 5.80. The minimum absolute atomic E-state index is 0.106. The third-order valence-electron chi connectivity index (χ3n) is 3.69. The van der Waals surface area contributed by atoms with Crippen molar-refractivity contribution in [3.63, 3.8) is 0 Å². The highest BCUT2D eigenvalue weighted by Crippen LogP contribution is 2.61. The first kappa shape index (κ1) is 10.5. The number of aliphatic carboxylic acids is 1. The molecule has 1 saturated carbocycles. The molecule has 76 valence electrons. The molecule has 0 amide bonds. The quantitative estimate of drug-likeness (QED) is 0.701. The molecule has 0 radical (unpaired) electrons. The minimum atomic E-state index is -1.02. The van der Waals surface area contributed by atoms with Crippen molar-refractivity contribution in [3.8, 4) is 0 Å². The summed E-state index contributed by atoms with van der Waals surface area (Å²) < 4.78 is 0. The number of hydrogen-bond donors (Lipinski definition) is 2. The Bertz CT molecular complexity index is 220. The lowest BCUT2D eigenvalue weighted by Gasteiger charge is -2.32. The number of carboxylic acids is 1. The second-order valence-corrected chi connectivity index (χ2v) is 4.12. The van der Waals surface area contributed by atoms with Gasteiger partial charge in [-0.3, -0.25) is 4.79 Å². The van der Waals surface area contributed by atoms with Crippen LogP contribution < -0.4 is 0 Å². The van der Waals surface area contributed by atoms with Crippen LogP contribution in [0.1, 0.15) is 40.0 Å². The molecule has 3 heteroatoms. The first-order chi connectivity index (χ1) is 5.94. The summed E-state index contributed by atoms with van der Waals surface area (Å²) in [6.07, 6.45) is 1.64. The summed E-state index contributed by atoms with van der Waals surface area (Å²) in [6.45, 7) is 5.59. The smallest absolute Gasteiger partial charge is 0.312 e. The SMILES string of the molecule is CCC(O)(CC)C1(C(=O)O)CC1C. The van der Waals surface area contributed by atoms with Gasteiger partial charge in [0.1, 0.15) is 0 Å². The number of hydrogen-bond acceptors (Lipinski definition) is 2. The van der Waals surface area contributed by atoms with Crippen molar-refractivity contribution < 1.29 is 15.0 Å². The summed E-state index contributed by atoms with van der Waals surface area (Å²) >= 11 is 0. The first-order valence-corrected chi connectivity index (χ1v) is 4.90. The first-order valence-electron chi connectivity index (χ1n) is 4.90.